The molecule has 22 heavy (non-hydrogen) atoms. The van der Waals surface area contributed by atoms with E-state index in [4.69, 9.17) is 4.74 Å². The molecular formula is C17H19BrN2O2. The Bertz CT molecular complexity index is 642. The Morgan fingerprint density at radius 3 is 2.41 bits per heavy atom. The number of hydrogen-bond donors (Lipinski definition) is 2. The second kappa shape index (κ2) is 7.84. The normalized spacial score (nSPS) is 10.1. The highest BCUT2D eigenvalue weighted by Crippen LogP contribution is 2.26. The Morgan fingerprint density at radius 1 is 1.14 bits per heavy atom. The second-order valence-electron chi connectivity index (χ2n) is 4.81. The summed E-state index contributed by atoms with van der Waals surface area (Å²) in [6.07, 6.45) is 0. The van der Waals surface area contributed by atoms with Crippen molar-refractivity contribution in [3.63, 3.8) is 0 Å². The maximum absolute atomic E-state index is 11.0. The van der Waals surface area contributed by atoms with Gasteiger partial charge < -0.3 is 15.4 Å². The van der Waals surface area contributed by atoms with Gasteiger partial charge in [0.05, 0.1) is 11.1 Å². The molecule has 2 N–H and O–H groups in total. The molecule has 0 bridgehead atoms. The first-order chi connectivity index (χ1) is 10.6. The summed E-state index contributed by atoms with van der Waals surface area (Å²) in [4.78, 5) is 11.0. The molecule has 116 valence electrons. The minimum atomic E-state index is -0.0695. The molecule has 0 radical (unpaired) electrons. The third-order valence-corrected chi connectivity index (χ3v) is 3.62. The lowest BCUT2D eigenvalue weighted by Gasteiger charge is -2.10. The van der Waals surface area contributed by atoms with E-state index in [0.29, 0.717) is 13.2 Å². The Hall–Kier alpha value is -2.01. The monoisotopic (exact) mass is 362 g/mol. The van der Waals surface area contributed by atoms with Crippen LogP contribution in [-0.4, -0.2) is 12.5 Å². The number of amides is 1. The summed E-state index contributed by atoms with van der Waals surface area (Å²) in [7, 11) is 0. The first kappa shape index (κ1) is 16.4. The number of ether oxygens (including phenoxy) is 1. The largest absolute Gasteiger partial charge is 0.493 e. The summed E-state index contributed by atoms with van der Waals surface area (Å²) in [6, 6.07) is 13.7. The zero-order valence-electron chi connectivity index (χ0n) is 12.7. The van der Waals surface area contributed by atoms with Crippen molar-refractivity contribution in [1.82, 2.24) is 0 Å². The summed E-state index contributed by atoms with van der Waals surface area (Å²) >= 11 is 3.51. The second-order valence-corrected chi connectivity index (χ2v) is 5.66. The average Bonchev–Trinajstić information content (AvgIpc) is 2.49. The molecule has 0 aliphatic rings. The van der Waals surface area contributed by atoms with Gasteiger partial charge in [0.25, 0.3) is 0 Å². The Morgan fingerprint density at radius 2 is 1.82 bits per heavy atom. The van der Waals surface area contributed by atoms with Crippen LogP contribution in [0.5, 0.6) is 5.75 Å². The molecule has 0 saturated heterocycles. The molecule has 0 atom stereocenters. The van der Waals surface area contributed by atoms with E-state index >= 15 is 0 Å². The highest BCUT2D eigenvalue weighted by molar-refractivity contribution is 9.10. The van der Waals surface area contributed by atoms with Crippen LogP contribution >= 0.6 is 15.9 Å². The van der Waals surface area contributed by atoms with E-state index in [9.17, 15) is 4.79 Å². The van der Waals surface area contributed by atoms with Crippen molar-refractivity contribution in [2.45, 2.75) is 20.4 Å². The molecule has 0 spiro atoms. The molecule has 5 heteroatoms. The van der Waals surface area contributed by atoms with E-state index in [0.717, 1.165) is 27.2 Å². The highest BCUT2D eigenvalue weighted by atomic mass is 79.9. The number of anilines is 2. The van der Waals surface area contributed by atoms with Gasteiger partial charge in [-0.2, -0.15) is 0 Å². The van der Waals surface area contributed by atoms with Crippen LogP contribution in [0.2, 0.25) is 0 Å². The number of hydrogen-bond acceptors (Lipinski definition) is 3. The first-order valence-corrected chi connectivity index (χ1v) is 7.90. The SMILES string of the molecule is CCOc1ccc(CNc2ccc(NC(C)=O)cc2)cc1Br. The van der Waals surface area contributed by atoms with E-state index in [1.54, 1.807) is 0 Å². The number of nitrogens with one attached hydrogen (secondary N) is 2. The molecule has 0 aromatic heterocycles. The zero-order chi connectivity index (χ0) is 15.9. The van der Waals surface area contributed by atoms with Gasteiger partial charge in [-0.25, -0.2) is 0 Å². The smallest absolute Gasteiger partial charge is 0.221 e. The molecule has 0 saturated carbocycles. The molecule has 4 nitrogen and oxygen atoms in total. The van der Waals surface area contributed by atoms with Gasteiger partial charge in [-0.15, -0.1) is 0 Å². The topological polar surface area (TPSA) is 50.4 Å². The highest BCUT2D eigenvalue weighted by Gasteiger charge is 2.02. The van der Waals surface area contributed by atoms with Gasteiger partial charge in [0, 0.05) is 24.8 Å². The van der Waals surface area contributed by atoms with Crippen molar-refractivity contribution in [1.29, 1.82) is 0 Å². The summed E-state index contributed by atoms with van der Waals surface area (Å²) in [5, 5.41) is 6.09. The number of halogens is 1. The Balaban J connectivity index is 1.95. The summed E-state index contributed by atoms with van der Waals surface area (Å²) < 4.78 is 6.45. The van der Waals surface area contributed by atoms with E-state index in [1.165, 1.54) is 6.92 Å². The fraction of sp³-hybridized carbons (Fsp3) is 0.235. The van der Waals surface area contributed by atoms with Gasteiger partial charge in [-0.05, 0) is 64.8 Å². The van der Waals surface area contributed by atoms with Crippen LogP contribution in [0.15, 0.2) is 46.9 Å². The van der Waals surface area contributed by atoms with Crippen molar-refractivity contribution >= 4 is 33.2 Å². The van der Waals surface area contributed by atoms with Gasteiger partial charge in [0.2, 0.25) is 5.91 Å². The summed E-state index contributed by atoms with van der Waals surface area (Å²) in [6.45, 7) is 4.82. The predicted octanol–water partition coefficient (Wildman–Crippen LogP) is 4.42. The lowest BCUT2D eigenvalue weighted by Crippen LogP contribution is -2.05. The van der Waals surface area contributed by atoms with Crippen LogP contribution in [-0.2, 0) is 11.3 Å². The molecule has 2 aromatic rings. The molecule has 1 amide bonds. The quantitative estimate of drug-likeness (QED) is 0.799. The Labute approximate surface area is 139 Å². The summed E-state index contributed by atoms with van der Waals surface area (Å²) in [5.41, 5.74) is 2.95. The van der Waals surface area contributed by atoms with Crippen LogP contribution in [0.4, 0.5) is 11.4 Å². The van der Waals surface area contributed by atoms with Crippen molar-refractivity contribution in [3.05, 3.63) is 52.5 Å². The van der Waals surface area contributed by atoms with Crippen molar-refractivity contribution in [3.8, 4) is 5.75 Å². The minimum absolute atomic E-state index is 0.0695. The third kappa shape index (κ3) is 4.77. The van der Waals surface area contributed by atoms with E-state index < -0.39 is 0 Å². The molecule has 2 rings (SSSR count). The van der Waals surface area contributed by atoms with Gasteiger partial charge >= 0.3 is 0 Å². The van der Waals surface area contributed by atoms with Gasteiger partial charge in [0.15, 0.2) is 0 Å². The molecule has 0 fully saturated rings. The lowest BCUT2D eigenvalue weighted by atomic mass is 10.2. The molecule has 0 aliphatic carbocycles. The van der Waals surface area contributed by atoms with Crippen molar-refractivity contribution < 1.29 is 9.53 Å². The standard InChI is InChI=1S/C17H19BrN2O2/c1-3-22-17-9-4-13(10-16(17)18)11-19-14-5-7-15(8-6-14)20-12(2)21/h4-10,19H,3,11H2,1-2H3,(H,20,21). The average molecular weight is 363 g/mol. The molecule has 0 heterocycles. The number of benzene rings is 2. The van der Waals surface area contributed by atoms with Crippen LogP contribution in [0.1, 0.15) is 19.4 Å². The molecule has 2 aromatic carbocycles. The maximum atomic E-state index is 11.0. The third-order valence-electron chi connectivity index (χ3n) is 3.00. The van der Waals surface area contributed by atoms with Crippen LogP contribution in [0.25, 0.3) is 0 Å². The zero-order valence-corrected chi connectivity index (χ0v) is 14.2. The lowest BCUT2D eigenvalue weighted by molar-refractivity contribution is -0.114. The van der Waals surface area contributed by atoms with E-state index in [1.807, 2.05) is 49.4 Å². The first-order valence-electron chi connectivity index (χ1n) is 7.11. The van der Waals surface area contributed by atoms with Gasteiger partial charge in [-0.1, -0.05) is 6.07 Å². The molecule has 0 unspecified atom stereocenters. The summed E-state index contributed by atoms with van der Waals surface area (Å²) in [5.74, 6) is 0.783. The maximum Gasteiger partial charge on any atom is 0.221 e. The number of rotatable bonds is 6. The Kier molecular flexibility index (Phi) is 5.83. The van der Waals surface area contributed by atoms with Crippen LogP contribution in [0.3, 0.4) is 0 Å². The minimum Gasteiger partial charge on any atom is -0.493 e. The predicted molar refractivity (Wildman–Crippen MR) is 93.4 cm³/mol. The number of carbonyl (C=O) groups excluding carboxylic acids is 1. The number of carbonyl (C=O) groups is 1. The molecule has 0 aliphatic heterocycles. The fourth-order valence-corrected chi connectivity index (χ4v) is 2.55. The van der Waals surface area contributed by atoms with E-state index in [2.05, 4.69) is 26.6 Å². The van der Waals surface area contributed by atoms with E-state index in [-0.39, 0.29) is 5.91 Å². The van der Waals surface area contributed by atoms with Gasteiger partial charge in [0.1, 0.15) is 5.75 Å². The van der Waals surface area contributed by atoms with Gasteiger partial charge in [-0.3, -0.25) is 4.79 Å². The van der Waals surface area contributed by atoms with Crippen LogP contribution in [0, 0.1) is 0 Å². The van der Waals surface area contributed by atoms with Crippen LogP contribution < -0.4 is 15.4 Å². The fourth-order valence-electron chi connectivity index (χ4n) is 2.01. The van der Waals surface area contributed by atoms with Crippen molar-refractivity contribution in [2.75, 3.05) is 17.2 Å². The van der Waals surface area contributed by atoms with Crippen molar-refractivity contribution in [2.24, 2.45) is 0 Å². The molecular weight excluding hydrogens is 344 g/mol.